The monoisotopic (exact) mass is 386 g/mol. The molecule has 8 heteroatoms. The lowest BCUT2D eigenvalue weighted by atomic mass is 10.1. The molecule has 7 nitrogen and oxygen atoms in total. The molecule has 2 N–H and O–H groups in total. The molecule has 3 rings (SSSR count). The number of anilines is 1. The van der Waals surface area contributed by atoms with Gasteiger partial charge in [0.15, 0.2) is 6.29 Å². The lowest BCUT2D eigenvalue weighted by molar-refractivity contribution is -0.127. The molecule has 0 aliphatic rings. The van der Waals surface area contributed by atoms with E-state index in [1.165, 1.54) is 20.5 Å². The van der Waals surface area contributed by atoms with Gasteiger partial charge in [0.05, 0.1) is 11.9 Å². The summed E-state index contributed by atoms with van der Waals surface area (Å²) in [5, 5.41) is 9.11. The number of rotatable bonds is 9. The van der Waals surface area contributed by atoms with E-state index in [0.717, 1.165) is 27.2 Å². The number of hydrogen-bond donors (Lipinski definition) is 2. The topological polar surface area (TPSA) is 85.4 Å². The van der Waals surface area contributed by atoms with Crippen LogP contribution in [0.5, 0.6) is 0 Å². The van der Waals surface area contributed by atoms with Crippen molar-refractivity contribution < 1.29 is 14.3 Å². The number of thiophene rings is 1. The summed E-state index contributed by atoms with van der Waals surface area (Å²) in [6.45, 7) is 0.777. The van der Waals surface area contributed by atoms with Crippen LogP contribution in [-0.4, -0.2) is 49.5 Å². The van der Waals surface area contributed by atoms with Crippen LogP contribution in [0, 0.1) is 0 Å². The zero-order chi connectivity index (χ0) is 19.1. The Morgan fingerprint density at radius 2 is 1.96 bits per heavy atom. The van der Waals surface area contributed by atoms with Crippen LogP contribution in [0.25, 0.3) is 21.3 Å². The zero-order valence-corrected chi connectivity index (χ0v) is 16.1. The minimum Gasteiger partial charge on any atom is -0.369 e. The number of carbonyl (C=O) groups is 1. The van der Waals surface area contributed by atoms with Crippen molar-refractivity contribution >= 4 is 33.3 Å². The van der Waals surface area contributed by atoms with E-state index in [2.05, 4.69) is 38.1 Å². The van der Waals surface area contributed by atoms with E-state index in [1.54, 1.807) is 11.3 Å². The first kappa shape index (κ1) is 19.2. The van der Waals surface area contributed by atoms with E-state index in [4.69, 9.17) is 9.47 Å². The zero-order valence-electron chi connectivity index (χ0n) is 15.3. The number of benzene rings is 1. The van der Waals surface area contributed by atoms with E-state index in [1.807, 2.05) is 18.2 Å². The van der Waals surface area contributed by atoms with Gasteiger partial charge < -0.3 is 20.1 Å². The first-order valence-corrected chi connectivity index (χ1v) is 9.44. The van der Waals surface area contributed by atoms with Crippen LogP contribution < -0.4 is 10.6 Å². The number of methoxy groups -OCH3 is 2. The smallest absolute Gasteiger partial charge is 0.221 e. The van der Waals surface area contributed by atoms with Gasteiger partial charge >= 0.3 is 0 Å². The van der Waals surface area contributed by atoms with Crippen molar-refractivity contribution in [2.75, 3.05) is 32.6 Å². The first-order valence-electron chi connectivity index (χ1n) is 8.56. The van der Waals surface area contributed by atoms with Gasteiger partial charge in [-0.25, -0.2) is 9.97 Å². The molecule has 0 bridgehead atoms. The fourth-order valence-electron chi connectivity index (χ4n) is 2.68. The molecule has 0 fully saturated rings. The van der Waals surface area contributed by atoms with Gasteiger partial charge in [0, 0.05) is 38.1 Å². The van der Waals surface area contributed by atoms with Crippen molar-refractivity contribution in [2.24, 2.45) is 0 Å². The van der Waals surface area contributed by atoms with E-state index >= 15 is 0 Å². The number of ether oxygens (including phenoxy) is 2. The molecule has 1 amide bonds. The van der Waals surface area contributed by atoms with Gasteiger partial charge in [-0.1, -0.05) is 30.3 Å². The molecule has 1 aromatic carbocycles. The second-order valence-corrected chi connectivity index (χ2v) is 6.66. The maximum atomic E-state index is 12.0. The number of hydrogen-bond acceptors (Lipinski definition) is 7. The summed E-state index contributed by atoms with van der Waals surface area (Å²) in [5.74, 6) is 0.653. The Morgan fingerprint density at radius 3 is 2.70 bits per heavy atom. The Bertz CT molecular complexity index is 881. The average Bonchev–Trinajstić information content (AvgIpc) is 3.14. The van der Waals surface area contributed by atoms with Crippen molar-refractivity contribution in [2.45, 2.75) is 12.7 Å². The summed E-state index contributed by atoms with van der Waals surface area (Å²) in [6.07, 6.45) is 1.41. The van der Waals surface area contributed by atoms with Crippen LogP contribution in [-0.2, 0) is 14.3 Å². The number of nitrogens with one attached hydrogen (secondary N) is 2. The lowest BCUT2D eigenvalue weighted by Gasteiger charge is -2.14. The molecule has 0 aliphatic carbocycles. The Labute approximate surface area is 161 Å². The molecule has 27 heavy (non-hydrogen) atoms. The molecule has 142 valence electrons. The minimum atomic E-state index is -0.442. The summed E-state index contributed by atoms with van der Waals surface area (Å²) in [6, 6.07) is 10.1. The van der Waals surface area contributed by atoms with E-state index in [9.17, 15) is 4.79 Å². The molecule has 0 atom stereocenters. The van der Waals surface area contributed by atoms with Gasteiger partial charge in [-0.3, -0.25) is 4.79 Å². The predicted molar refractivity (Wildman–Crippen MR) is 107 cm³/mol. The lowest BCUT2D eigenvalue weighted by Crippen LogP contribution is -2.34. The van der Waals surface area contributed by atoms with Crippen LogP contribution >= 0.6 is 11.3 Å². The Morgan fingerprint density at radius 1 is 1.19 bits per heavy atom. The third-order valence-electron chi connectivity index (χ3n) is 4.09. The van der Waals surface area contributed by atoms with Gasteiger partial charge in [-0.05, 0) is 5.56 Å². The molecule has 0 radical (unpaired) electrons. The Kier molecular flexibility index (Phi) is 6.69. The Hall–Kier alpha value is -2.55. The first-order chi connectivity index (χ1) is 13.2. The van der Waals surface area contributed by atoms with Crippen molar-refractivity contribution in [1.82, 2.24) is 15.3 Å². The highest BCUT2D eigenvalue weighted by Crippen LogP contribution is 2.36. The third-order valence-corrected chi connectivity index (χ3v) is 4.98. The van der Waals surface area contributed by atoms with Crippen LogP contribution in [0.3, 0.4) is 0 Å². The van der Waals surface area contributed by atoms with Crippen LogP contribution in [0.2, 0.25) is 0 Å². The van der Waals surface area contributed by atoms with Gasteiger partial charge in [0.1, 0.15) is 17.0 Å². The van der Waals surface area contributed by atoms with E-state index in [-0.39, 0.29) is 5.91 Å². The Balaban J connectivity index is 1.65. The molecule has 0 unspecified atom stereocenters. The third kappa shape index (κ3) is 4.79. The van der Waals surface area contributed by atoms with E-state index < -0.39 is 6.29 Å². The number of fused-ring (bicyclic) bond motifs is 1. The molecule has 0 aliphatic heterocycles. The quantitative estimate of drug-likeness (QED) is 0.550. The second kappa shape index (κ2) is 9.40. The normalized spacial score (nSPS) is 11.1. The maximum Gasteiger partial charge on any atom is 0.221 e. The van der Waals surface area contributed by atoms with Gasteiger partial charge in [0.2, 0.25) is 5.91 Å². The summed E-state index contributed by atoms with van der Waals surface area (Å²) < 4.78 is 10.1. The highest BCUT2D eigenvalue weighted by Gasteiger charge is 2.13. The molecule has 2 aromatic heterocycles. The molecule has 2 heterocycles. The van der Waals surface area contributed by atoms with E-state index in [0.29, 0.717) is 19.5 Å². The molecule has 3 aromatic rings. The highest BCUT2D eigenvalue weighted by molar-refractivity contribution is 7.17. The summed E-state index contributed by atoms with van der Waals surface area (Å²) in [4.78, 5) is 21.6. The van der Waals surface area contributed by atoms with Crippen molar-refractivity contribution in [1.29, 1.82) is 0 Å². The minimum absolute atomic E-state index is 0.0829. The van der Waals surface area contributed by atoms with Crippen molar-refractivity contribution in [3.63, 3.8) is 0 Å². The molecular weight excluding hydrogens is 364 g/mol. The SMILES string of the molecule is COC(CNC(=O)CCNc1ncnc2scc(-c3ccccc3)c12)OC. The standard InChI is InChI=1S/C19H22N4O3S/c1-25-16(26-2)10-21-15(24)8-9-20-18-17-14(13-6-4-3-5-7-13)11-27-19(17)23-12-22-18/h3-7,11-12,16H,8-10H2,1-2H3,(H,21,24)(H,20,22,23). The number of carbonyl (C=O) groups excluding carboxylic acids is 1. The molecule has 0 saturated carbocycles. The van der Waals surface area contributed by atoms with Crippen LogP contribution in [0.15, 0.2) is 42.0 Å². The fraction of sp³-hybridized carbons (Fsp3) is 0.316. The fourth-order valence-corrected chi connectivity index (χ4v) is 3.60. The number of nitrogens with zero attached hydrogens (tertiary/aromatic N) is 2. The molecule has 0 spiro atoms. The molecule has 0 saturated heterocycles. The van der Waals surface area contributed by atoms with Gasteiger partial charge in [0.25, 0.3) is 0 Å². The predicted octanol–water partition coefficient (Wildman–Crippen LogP) is 2.90. The van der Waals surface area contributed by atoms with Gasteiger partial charge in [-0.15, -0.1) is 11.3 Å². The molecular formula is C19H22N4O3S. The van der Waals surface area contributed by atoms with Gasteiger partial charge in [-0.2, -0.15) is 0 Å². The summed E-state index contributed by atoms with van der Waals surface area (Å²) in [5.41, 5.74) is 2.20. The van der Waals surface area contributed by atoms with Crippen LogP contribution in [0.1, 0.15) is 6.42 Å². The summed E-state index contributed by atoms with van der Waals surface area (Å²) >= 11 is 1.58. The largest absolute Gasteiger partial charge is 0.369 e. The summed E-state index contributed by atoms with van der Waals surface area (Å²) in [7, 11) is 3.07. The number of aromatic nitrogens is 2. The second-order valence-electron chi connectivity index (χ2n) is 5.80. The van der Waals surface area contributed by atoms with Crippen LogP contribution in [0.4, 0.5) is 5.82 Å². The van der Waals surface area contributed by atoms with Crippen molar-refractivity contribution in [3.05, 3.63) is 42.0 Å². The highest BCUT2D eigenvalue weighted by atomic mass is 32.1. The maximum absolute atomic E-state index is 12.0. The van der Waals surface area contributed by atoms with Crippen molar-refractivity contribution in [3.8, 4) is 11.1 Å². The average molecular weight is 386 g/mol. The number of amides is 1.